The lowest BCUT2D eigenvalue weighted by molar-refractivity contribution is 0.0784. The molecule has 2 N–H and O–H groups in total. The van der Waals surface area contributed by atoms with Gasteiger partial charge in [-0.05, 0) is 57.0 Å². The minimum Gasteiger partial charge on any atom is -0.399 e. The fourth-order valence-corrected chi connectivity index (χ4v) is 3.32. The third kappa shape index (κ3) is 4.04. The molecule has 0 aliphatic carbocycles. The lowest BCUT2D eigenvalue weighted by atomic mass is 10.1. The molecule has 0 fully saturated rings. The second kappa shape index (κ2) is 8.48. The van der Waals surface area contributed by atoms with E-state index in [2.05, 4.69) is 19.1 Å². The second-order valence-electron chi connectivity index (χ2n) is 7.08. The third-order valence-corrected chi connectivity index (χ3v) is 5.02. The Hall–Kier alpha value is -2.79. The zero-order valence-corrected chi connectivity index (χ0v) is 17.8. The Morgan fingerprint density at radius 1 is 1.07 bits per heavy atom. The number of aryl methyl sites for hydroxylation is 3. The largest absolute Gasteiger partial charge is 0.399 e. The van der Waals surface area contributed by atoms with Crippen molar-refractivity contribution >= 4 is 24.0 Å². The fraction of sp³-hybridized carbons (Fsp3) is 0.273. The van der Waals surface area contributed by atoms with Crippen molar-refractivity contribution in [1.82, 2.24) is 14.7 Å². The van der Waals surface area contributed by atoms with Crippen LogP contribution in [-0.4, -0.2) is 27.6 Å². The van der Waals surface area contributed by atoms with Crippen LogP contribution in [0.25, 0.3) is 5.69 Å². The van der Waals surface area contributed by atoms with Crippen LogP contribution in [0.3, 0.4) is 0 Å². The Morgan fingerprint density at radius 3 is 2.43 bits per heavy atom. The fourth-order valence-electron chi connectivity index (χ4n) is 3.32. The maximum absolute atomic E-state index is 12.9. The summed E-state index contributed by atoms with van der Waals surface area (Å²) in [6.07, 6.45) is 0. The Balaban J connectivity index is 0.00000280. The van der Waals surface area contributed by atoms with Gasteiger partial charge in [0, 0.05) is 36.1 Å². The van der Waals surface area contributed by atoms with E-state index < -0.39 is 0 Å². The van der Waals surface area contributed by atoms with Gasteiger partial charge in [0.15, 0.2) is 0 Å². The van der Waals surface area contributed by atoms with Crippen LogP contribution < -0.4 is 5.73 Å². The van der Waals surface area contributed by atoms with Crippen LogP contribution in [0, 0.1) is 27.7 Å². The number of benzene rings is 2. The Kier molecular flexibility index (Phi) is 6.52. The predicted octanol–water partition coefficient (Wildman–Crippen LogP) is 4.38. The highest BCUT2D eigenvalue weighted by molar-refractivity contribution is 5.96. The van der Waals surface area contributed by atoms with Gasteiger partial charge in [0.2, 0.25) is 0 Å². The molecule has 0 aliphatic heterocycles. The van der Waals surface area contributed by atoms with Gasteiger partial charge < -0.3 is 10.6 Å². The van der Waals surface area contributed by atoms with E-state index in [1.165, 1.54) is 0 Å². The Labute approximate surface area is 172 Å². The van der Waals surface area contributed by atoms with Crippen molar-refractivity contribution in [1.29, 1.82) is 0 Å². The lowest BCUT2D eigenvalue weighted by Gasteiger charge is -2.19. The summed E-state index contributed by atoms with van der Waals surface area (Å²) >= 11 is 0. The van der Waals surface area contributed by atoms with Gasteiger partial charge in [-0.2, -0.15) is 5.10 Å². The van der Waals surface area contributed by atoms with Crippen molar-refractivity contribution in [3.05, 3.63) is 76.1 Å². The summed E-state index contributed by atoms with van der Waals surface area (Å²) in [6.45, 7) is 8.53. The zero-order chi connectivity index (χ0) is 19.7. The first-order chi connectivity index (χ1) is 12.8. The van der Waals surface area contributed by atoms with Crippen molar-refractivity contribution in [2.45, 2.75) is 34.2 Å². The SMILES string of the molecule is Cc1ccc(N)cc1C(=O)N(C)Cc1c(C)nn(-c2ccccc2C)c1C.Cl. The summed E-state index contributed by atoms with van der Waals surface area (Å²) in [6, 6.07) is 13.6. The molecule has 0 aliphatic rings. The van der Waals surface area contributed by atoms with E-state index in [0.29, 0.717) is 17.8 Å². The highest BCUT2D eigenvalue weighted by Crippen LogP contribution is 2.22. The molecule has 1 aromatic heterocycles. The van der Waals surface area contributed by atoms with Crippen LogP contribution in [0.5, 0.6) is 0 Å². The molecule has 0 saturated carbocycles. The number of para-hydroxylation sites is 1. The Morgan fingerprint density at radius 2 is 1.75 bits per heavy atom. The van der Waals surface area contributed by atoms with E-state index in [9.17, 15) is 4.79 Å². The number of aromatic nitrogens is 2. The summed E-state index contributed by atoms with van der Waals surface area (Å²) in [5.41, 5.74) is 13.3. The van der Waals surface area contributed by atoms with Crippen LogP contribution >= 0.6 is 12.4 Å². The highest BCUT2D eigenvalue weighted by Gasteiger charge is 2.20. The molecule has 28 heavy (non-hydrogen) atoms. The van der Waals surface area contributed by atoms with E-state index >= 15 is 0 Å². The van der Waals surface area contributed by atoms with Crippen molar-refractivity contribution in [2.24, 2.45) is 0 Å². The summed E-state index contributed by atoms with van der Waals surface area (Å²) in [4.78, 5) is 14.6. The summed E-state index contributed by atoms with van der Waals surface area (Å²) in [5.74, 6) is -0.0396. The van der Waals surface area contributed by atoms with Gasteiger partial charge in [-0.3, -0.25) is 4.79 Å². The Bertz CT molecular complexity index is 1010. The van der Waals surface area contributed by atoms with Crippen LogP contribution in [0.4, 0.5) is 5.69 Å². The quantitative estimate of drug-likeness (QED) is 0.663. The number of nitrogens with two attached hydrogens (primary N) is 1. The number of nitrogens with zero attached hydrogens (tertiary/aromatic N) is 3. The number of hydrogen-bond donors (Lipinski definition) is 1. The molecule has 1 heterocycles. The standard InChI is InChI=1S/C22H26N4O.ClH/c1-14-10-11-18(23)12-19(14)22(27)25(5)13-20-16(3)24-26(17(20)4)21-9-7-6-8-15(21)2;/h6-12H,13,23H2,1-5H3;1H. The number of nitrogen functional groups attached to an aromatic ring is 1. The number of anilines is 1. The molecule has 3 rings (SSSR count). The van der Waals surface area contributed by atoms with E-state index in [4.69, 9.17) is 10.8 Å². The third-order valence-electron chi connectivity index (χ3n) is 5.02. The van der Waals surface area contributed by atoms with Gasteiger partial charge in [0.25, 0.3) is 5.91 Å². The lowest BCUT2D eigenvalue weighted by Crippen LogP contribution is -2.27. The molecule has 0 unspecified atom stereocenters. The topological polar surface area (TPSA) is 64.2 Å². The van der Waals surface area contributed by atoms with Gasteiger partial charge in [0.05, 0.1) is 11.4 Å². The number of amides is 1. The number of hydrogen-bond acceptors (Lipinski definition) is 3. The van der Waals surface area contributed by atoms with Crippen molar-refractivity contribution in [2.75, 3.05) is 12.8 Å². The maximum atomic E-state index is 12.9. The second-order valence-corrected chi connectivity index (χ2v) is 7.08. The van der Waals surface area contributed by atoms with Crippen molar-refractivity contribution in [3.63, 3.8) is 0 Å². The molecule has 3 aromatic rings. The molecule has 148 valence electrons. The molecule has 2 aromatic carbocycles. The van der Waals surface area contributed by atoms with Gasteiger partial charge in [0.1, 0.15) is 0 Å². The van der Waals surface area contributed by atoms with Crippen LogP contribution in [-0.2, 0) is 6.54 Å². The summed E-state index contributed by atoms with van der Waals surface area (Å²) < 4.78 is 1.96. The first-order valence-electron chi connectivity index (χ1n) is 9.02. The zero-order valence-electron chi connectivity index (χ0n) is 17.0. The monoisotopic (exact) mass is 398 g/mol. The molecule has 0 atom stereocenters. The minimum atomic E-state index is -0.0396. The first-order valence-corrected chi connectivity index (χ1v) is 9.02. The molecule has 0 spiro atoms. The molecule has 1 amide bonds. The number of carbonyl (C=O) groups excluding carboxylic acids is 1. The average Bonchev–Trinajstić information content (AvgIpc) is 2.91. The van der Waals surface area contributed by atoms with Gasteiger partial charge in [-0.25, -0.2) is 4.68 Å². The molecular formula is C22H27ClN4O. The van der Waals surface area contributed by atoms with Crippen LogP contribution in [0.15, 0.2) is 42.5 Å². The molecule has 0 bridgehead atoms. The van der Waals surface area contributed by atoms with Crippen LogP contribution in [0.2, 0.25) is 0 Å². The summed E-state index contributed by atoms with van der Waals surface area (Å²) in [5, 5.41) is 4.72. The van der Waals surface area contributed by atoms with Gasteiger partial charge >= 0.3 is 0 Å². The van der Waals surface area contributed by atoms with E-state index in [0.717, 1.165) is 33.8 Å². The van der Waals surface area contributed by atoms with E-state index in [1.807, 2.05) is 56.8 Å². The minimum absolute atomic E-state index is 0. The number of rotatable bonds is 4. The number of carbonyl (C=O) groups is 1. The van der Waals surface area contributed by atoms with Crippen LogP contribution in [0.1, 0.15) is 38.4 Å². The molecule has 0 radical (unpaired) electrons. The molecule has 6 heteroatoms. The first kappa shape index (κ1) is 21.5. The van der Waals surface area contributed by atoms with E-state index in [1.54, 1.807) is 11.0 Å². The molecule has 0 saturated heterocycles. The smallest absolute Gasteiger partial charge is 0.254 e. The van der Waals surface area contributed by atoms with E-state index in [-0.39, 0.29) is 18.3 Å². The van der Waals surface area contributed by atoms with Crippen molar-refractivity contribution < 1.29 is 4.79 Å². The normalized spacial score (nSPS) is 10.5. The van der Waals surface area contributed by atoms with Crippen molar-refractivity contribution in [3.8, 4) is 5.69 Å². The molecular weight excluding hydrogens is 372 g/mol. The predicted molar refractivity (Wildman–Crippen MR) is 116 cm³/mol. The maximum Gasteiger partial charge on any atom is 0.254 e. The van der Waals surface area contributed by atoms with Gasteiger partial charge in [-0.15, -0.1) is 12.4 Å². The highest BCUT2D eigenvalue weighted by atomic mass is 35.5. The number of halogens is 1. The summed E-state index contributed by atoms with van der Waals surface area (Å²) in [7, 11) is 1.81. The van der Waals surface area contributed by atoms with Gasteiger partial charge in [-0.1, -0.05) is 24.3 Å². The molecule has 5 nitrogen and oxygen atoms in total. The average molecular weight is 399 g/mol.